The molecule has 3 nitrogen and oxygen atoms in total. The van der Waals surface area contributed by atoms with Gasteiger partial charge in [-0.25, -0.2) is 0 Å². The first-order chi connectivity index (χ1) is 2.27. The van der Waals surface area contributed by atoms with Crippen molar-refractivity contribution in [3.8, 4) is 0 Å². The Hall–Kier alpha value is 0.728. The first kappa shape index (κ1) is 5.73. The van der Waals surface area contributed by atoms with Crippen LogP contribution in [0.2, 0.25) is 0 Å². The first-order valence-corrected chi connectivity index (χ1v) is 3.22. The van der Waals surface area contributed by atoms with Crippen molar-refractivity contribution in [2.24, 2.45) is 0 Å². The van der Waals surface area contributed by atoms with Gasteiger partial charge < -0.3 is 0 Å². The fourth-order valence-corrected chi connectivity index (χ4v) is 0. The van der Waals surface area contributed by atoms with E-state index in [1.807, 2.05) is 0 Å². The summed E-state index contributed by atoms with van der Waals surface area (Å²) in [6.07, 6.45) is 0. The summed E-state index contributed by atoms with van der Waals surface area (Å²) in [6, 6.07) is 0. The number of thiol groups is 1. The summed E-state index contributed by atoms with van der Waals surface area (Å²) in [7, 11) is -2.54. The molecule has 5 heavy (non-hydrogen) atoms. The van der Waals surface area contributed by atoms with Crippen molar-refractivity contribution in [3.63, 3.8) is 0 Å². The SMILES string of the molecule is O=[SH](=O)[O][SbH2]. The van der Waals surface area contributed by atoms with Crippen LogP contribution in [-0.4, -0.2) is 31.9 Å². The molecule has 0 aliphatic carbocycles. The Labute approximate surface area is 45.5 Å². The predicted molar refractivity (Wildman–Crippen MR) is 19.9 cm³/mol. The second-order valence-corrected chi connectivity index (χ2v) is 2.79. The van der Waals surface area contributed by atoms with E-state index < -0.39 is 11.0 Å². The molecule has 0 heterocycles. The Morgan fingerprint density at radius 3 is 1.80 bits per heavy atom. The van der Waals surface area contributed by atoms with E-state index in [9.17, 15) is 8.42 Å². The molecule has 32 valence electrons. The summed E-state index contributed by atoms with van der Waals surface area (Å²) >= 11 is 0.330. The van der Waals surface area contributed by atoms with Gasteiger partial charge in [-0.05, 0) is 0 Å². The molecule has 0 atom stereocenters. The number of hydrogen-bond acceptors (Lipinski definition) is 3. The van der Waals surface area contributed by atoms with Gasteiger partial charge in [0.25, 0.3) is 0 Å². The van der Waals surface area contributed by atoms with Crippen LogP contribution in [-0.2, 0) is 13.4 Å². The average molecular weight is 205 g/mol. The molecule has 0 spiro atoms. The summed E-state index contributed by atoms with van der Waals surface area (Å²) in [4.78, 5) is 0. The summed E-state index contributed by atoms with van der Waals surface area (Å²) in [6.45, 7) is 0. The number of rotatable bonds is 1. The Morgan fingerprint density at radius 1 is 1.60 bits per heavy atom. The minimum absolute atomic E-state index is 0.330. The first-order valence-electron chi connectivity index (χ1n) is 0.783. The molecule has 0 fully saturated rings. The van der Waals surface area contributed by atoms with E-state index in [1.165, 1.54) is 0 Å². The van der Waals surface area contributed by atoms with Gasteiger partial charge in [-0.1, -0.05) is 0 Å². The molecular weight excluding hydrogens is 202 g/mol. The van der Waals surface area contributed by atoms with Gasteiger partial charge in [0.15, 0.2) is 0 Å². The van der Waals surface area contributed by atoms with Gasteiger partial charge in [0.1, 0.15) is 0 Å². The summed E-state index contributed by atoms with van der Waals surface area (Å²) in [5.41, 5.74) is 0. The zero-order valence-corrected chi connectivity index (χ0v) is 6.44. The number of hydrogen-bond donors (Lipinski definition) is 1. The molecule has 0 N–H and O–H groups in total. The third-order valence-corrected chi connectivity index (χ3v) is 1.73. The van der Waals surface area contributed by atoms with Crippen molar-refractivity contribution in [2.75, 3.05) is 0 Å². The molecule has 0 bridgehead atoms. The van der Waals surface area contributed by atoms with Crippen molar-refractivity contribution < 1.29 is 10.9 Å². The molecule has 0 radical (unpaired) electrons. The van der Waals surface area contributed by atoms with Crippen molar-refractivity contribution in [1.82, 2.24) is 0 Å². The minimum atomic E-state index is -2.54. The van der Waals surface area contributed by atoms with Crippen LogP contribution < -0.4 is 0 Å². The van der Waals surface area contributed by atoms with Gasteiger partial charge in [0.2, 0.25) is 0 Å². The topological polar surface area (TPSA) is 43.4 Å². The third kappa shape index (κ3) is 4.73. The van der Waals surface area contributed by atoms with E-state index in [2.05, 4.69) is 2.46 Å². The van der Waals surface area contributed by atoms with Crippen LogP contribution in [0.5, 0.6) is 0 Å². The average Bonchev–Trinajstić information content (AvgIpc) is 1.38. The van der Waals surface area contributed by atoms with E-state index >= 15 is 0 Å². The Morgan fingerprint density at radius 2 is 1.80 bits per heavy atom. The van der Waals surface area contributed by atoms with Gasteiger partial charge in [-0.15, -0.1) is 0 Å². The maximum atomic E-state index is 9.22. The molecule has 0 aliphatic heterocycles. The quantitative estimate of drug-likeness (QED) is 0.400. The van der Waals surface area contributed by atoms with Crippen molar-refractivity contribution in [2.45, 2.75) is 0 Å². The van der Waals surface area contributed by atoms with Gasteiger partial charge in [0, 0.05) is 0 Å². The molecule has 0 saturated heterocycles. The normalized spacial score (nSPS) is 9.20. The predicted octanol–water partition coefficient (Wildman–Crippen LogP) is -1.92. The Bertz CT molecular complexity index is 65.0. The van der Waals surface area contributed by atoms with Crippen LogP contribution in [0.1, 0.15) is 0 Å². The fourth-order valence-electron chi connectivity index (χ4n) is 0. The van der Waals surface area contributed by atoms with E-state index in [0.717, 1.165) is 0 Å². The van der Waals surface area contributed by atoms with E-state index in [-0.39, 0.29) is 0 Å². The molecular formula is H3O3SSb. The van der Waals surface area contributed by atoms with E-state index in [4.69, 9.17) is 0 Å². The van der Waals surface area contributed by atoms with Gasteiger partial charge in [0.05, 0.1) is 0 Å². The molecule has 5 heteroatoms. The Kier molecular flexibility index (Phi) is 3.37. The van der Waals surface area contributed by atoms with Crippen LogP contribution >= 0.6 is 0 Å². The second kappa shape index (κ2) is 2.94. The van der Waals surface area contributed by atoms with Crippen LogP contribution in [0.3, 0.4) is 0 Å². The summed E-state index contributed by atoms with van der Waals surface area (Å²) < 4.78 is 22.3. The monoisotopic (exact) mass is 204 g/mol. The van der Waals surface area contributed by atoms with Gasteiger partial charge >= 0.3 is 45.3 Å². The van der Waals surface area contributed by atoms with E-state index in [0.29, 0.717) is 23.4 Å². The molecule has 0 aliphatic rings. The van der Waals surface area contributed by atoms with Crippen molar-refractivity contribution in [1.29, 1.82) is 0 Å². The van der Waals surface area contributed by atoms with Crippen molar-refractivity contribution in [3.05, 3.63) is 0 Å². The molecule has 0 amide bonds. The molecule has 0 aromatic heterocycles. The van der Waals surface area contributed by atoms with Crippen LogP contribution in [0.4, 0.5) is 0 Å². The molecule has 0 aromatic carbocycles. The van der Waals surface area contributed by atoms with Crippen LogP contribution in [0.15, 0.2) is 0 Å². The van der Waals surface area contributed by atoms with Crippen LogP contribution in [0.25, 0.3) is 0 Å². The van der Waals surface area contributed by atoms with E-state index in [1.54, 1.807) is 0 Å². The Balaban J connectivity index is 3.23. The maximum absolute atomic E-state index is 9.22. The van der Waals surface area contributed by atoms with Gasteiger partial charge in [-0.2, -0.15) is 0 Å². The molecule has 0 aromatic rings. The molecule has 0 rings (SSSR count). The zero-order valence-electron chi connectivity index (χ0n) is 2.25. The second-order valence-electron chi connectivity index (χ2n) is 0.329. The fraction of sp³-hybridized carbons (Fsp3) is 0. The van der Waals surface area contributed by atoms with Gasteiger partial charge in [-0.3, -0.25) is 0 Å². The third-order valence-electron chi connectivity index (χ3n) is 0.0861. The molecule has 0 saturated carbocycles. The molecule has 0 unspecified atom stereocenters. The summed E-state index contributed by atoms with van der Waals surface area (Å²) in [5.74, 6) is 0. The van der Waals surface area contributed by atoms with Crippen molar-refractivity contribution >= 4 is 34.4 Å². The zero-order chi connectivity index (χ0) is 4.28. The van der Waals surface area contributed by atoms with Crippen LogP contribution in [0, 0.1) is 0 Å². The summed E-state index contributed by atoms with van der Waals surface area (Å²) in [5, 5.41) is 0. The standard InChI is InChI=1S/H2O3S.Sb.2H/c1-4(2)3;;;/h4H,(H,1,2,3);;;/q;+1;;/p-1.